The molecule has 6 rings (SSSR count). The zero-order valence-corrected chi connectivity index (χ0v) is 21.9. The second-order valence-corrected chi connectivity index (χ2v) is 9.90. The lowest BCUT2D eigenvalue weighted by molar-refractivity contribution is 0.0650. The van der Waals surface area contributed by atoms with E-state index in [4.69, 9.17) is 11.6 Å². The number of aliphatic hydroxyl groups is 1. The average molecular weight is 558 g/mol. The van der Waals surface area contributed by atoms with Gasteiger partial charge in [0, 0.05) is 43.2 Å². The van der Waals surface area contributed by atoms with Gasteiger partial charge in [-0.3, -0.25) is 19.3 Å². The number of amides is 2. The third-order valence-corrected chi connectivity index (χ3v) is 7.08. The molecule has 5 aromatic rings. The lowest BCUT2D eigenvalue weighted by Gasteiger charge is -2.15. The summed E-state index contributed by atoms with van der Waals surface area (Å²) >= 11 is 6.04. The van der Waals surface area contributed by atoms with Crippen LogP contribution in [0.4, 0.5) is 5.69 Å². The van der Waals surface area contributed by atoms with Gasteiger partial charge >= 0.3 is 0 Å². The molecule has 11 nitrogen and oxygen atoms in total. The second-order valence-electron chi connectivity index (χ2n) is 9.46. The van der Waals surface area contributed by atoms with Gasteiger partial charge in [-0.2, -0.15) is 0 Å². The molecule has 4 heterocycles. The predicted molar refractivity (Wildman–Crippen MR) is 149 cm³/mol. The number of nitrogens with one attached hydrogen (secondary N) is 3. The number of hydrogen-bond donors (Lipinski definition) is 4. The smallest absolute Gasteiger partial charge is 0.261 e. The van der Waals surface area contributed by atoms with Crippen molar-refractivity contribution in [1.82, 2.24) is 29.4 Å². The molecule has 0 saturated carbocycles. The van der Waals surface area contributed by atoms with Gasteiger partial charge in [0.25, 0.3) is 17.4 Å². The summed E-state index contributed by atoms with van der Waals surface area (Å²) in [6.07, 6.45) is 6.42. The van der Waals surface area contributed by atoms with Crippen molar-refractivity contribution in [2.75, 3.05) is 18.4 Å². The highest BCUT2D eigenvalue weighted by molar-refractivity contribution is 6.30. The van der Waals surface area contributed by atoms with Crippen LogP contribution in [-0.4, -0.2) is 59.4 Å². The summed E-state index contributed by atoms with van der Waals surface area (Å²) in [5, 5.41) is 14.2. The highest BCUT2D eigenvalue weighted by Gasteiger charge is 2.36. The van der Waals surface area contributed by atoms with E-state index in [1.807, 2.05) is 10.8 Å². The molecule has 2 amide bonds. The van der Waals surface area contributed by atoms with E-state index >= 15 is 0 Å². The van der Waals surface area contributed by atoms with Gasteiger partial charge in [0.2, 0.25) is 0 Å². The molecular weight excluding hydrogens is 534 g/mol. The number of H-pyrrole nitrogens is 2. The topological polar surface area (TPSA) is 149 Å². The van der Waals surface area contributed by atoms with Gasteiger partial charge in [0.05, 0.1) is 40.3 Å². The number of aliphatic hydroxyl groups excluding tert-OH is 1. The summed E-state index contributed by atoms with van der Waals surface area (Å²) < 4.78 is 1.89. The molecule has 1 aliphatic heterocycles. The van der Waals surface area contributed by atoms with Crippen molar-refractivity contribution in [1.29, 1.82) is 0 Å². The summed E-state index contributed by atoms with van der Waals surface area (Å²) in [6.45, 7) is 1.04. The fraction of sp³-hybridized carbons (Fsp3) is 0.179. The average Bonchev–Trinajstić information content (AvgIpc) is 3.66. The van der Waals surface area contributed by atoms with E-state index in [0.717, 1.165) is 0 Å². The molecule has 4 N–H and O–H groups in total. The zero-order valence-electron chi connectivity index (χ0n) is 21.1. The van der Waals surface area contributed by atoms with Gasteiger partial charge in [-0.15, -0.1) is 0 Å². The summed E-state index contributed by atoms with van der Waals surface area (Å²) in [6, 6.07) is 11.8. The number of carbonyl (C=O) groups is 2. The van der Waals surface area contributed by atoms with E-state index in [-0.39, 0.29) is 41.9 Å². The lowest BCUT2D eigenvalue weighted by atomic mass is 10.1. The van der Waals surface area contributed by atoms with Crippen molar-refractivity contribution in [2.45, 2.75) is 19.1 Å². The number of imide groups is 1. The number of carbonyl (C=O) groups excluding carboxylic acids is 2. The van der Waals surface area contributed by atoms with Crippen molar-refractivity contribution >= 4 is 40.1 Å². The number of nitrogens with zero attached hydrogens (tertiary/aromatic N) is 4. The van der Waals surface area contributed by atoms with Crippen LogP contribution < -0.4 is 10.9 Å². The Labute approximate surface area is 232 Å². The van der Waals surface area contributed by atoms with E-state index in [2.05, 4.69) is 25.3 Å². The quantitative estimate of drug-likeness (QED) is 0.202. The summed E-state index contributed by atoms with van der Waals surface area (Å²) in [4.78, 5) is 54.6. The third kappa shape index (κ3) is 4.76. The first-order valence-corrected chi connectivity index (χ1v) is 13.0. The number of rotatable bonds is 9. The Morgan fingerprint density at radius 1 is 1.05 bits per heavy atom. The normalized spacial score (nSPS) is 13.7. The number of hydrogen-bond acceptors (Lipinski definition) is 7. The van der Waals surface area contributed by atoms with Crippen LogP contribution in [0.15, 0.2) is 72.2 Å². The minimum atomic E-state index is -0.871. The Morgan fingerprint density at radius 2 is 1.88 bits per heavy atom. The van der Waals surface area contributed by atoms with Crippen LogP contribution in [0.25, 0.3) is 22.4 Å². The van der Waals surface area contributed by atoms with Crippen LogP contribution >= 0.6 is 11.6 Å². The SMILES string of the molecule is O=C1c2cc3nc(-c4c(NCC(O)c5cccc(Cl)c5)cc[nH]c4=O)[nH]c3cc2C(=O)N1CCCn1ccnc1. The molecule has 0 saturated heterocycles. The minimum Gasteiger partial charge on any atom is -0.387 e. The highest BCUT2D eigenvalue weighted by atomic mass is 35.5. The molecule has 3 aromatic heterocycles. The van der Waals surface area contributed by atoms with Gasteiger partial charge in [-0.05, 0) is 42.3 Å². The lowest BCUT2D eigenvalue weighted by Crippen LogP contribution is -2.31. The molecule has 2 aromatic carbocycles. The van der Waals surface area contributed by atoms with Gasteiger partial charge in [0.1, 0.15) is 11.4 Å². The maximum Gasteiger partial charge on any atom is 0.261 e. The number of halogens is 1. The summed E-state index contributed by atoms with van der Waals surface area (Å²) in [5.74, 6) is -0.469. The fourth-order valence-electron chi connectivity index (χ4n) is 4.84. The monoisotopic (exact) mass is 557 g/mol. The molecule has 1 aliphatic rings. The summed E-state index contributed by atoms with van der Waals surface area (Å²) in [5.41, 5.74) is 2.46. The van der Waals surface area contributed by atoms with E-state index in [0.29, 0.717) is 45.8 Å². The Morgan fingerprint density at radius 3 is 2.65 bits per heavy atom. The van der Waals surface area contributed by atoms with Crippen LogP contribution in [-0.2, 0) is 6.54 Å². The van der Waals surface area contributed by atoms with E-state index in [1.54, 1.807) is 55.0 Å². The third-order valence-electron chi connectivity index (χ3n) is 6.85. The molecule has 0 fully saturated rings. The van der Waals surface area contributed by atoms with Crippen LogP contribution in [0, 0.1) is 0 Å². The van der Waals surface area contributed by atoms with Gasteiger partial charge in [0.15, 0.2) is 0 Å². The largest absolute Gasteiger partial charge is 0.387 e. The standard InChI is InChI=1S/C28H24ClN7O4/c29-17-4-1-3-16(11-17)23(37)14-32-20-5-6-31-26(38)24(20)25-33-21-12-18-19(13-22(21)34-25)28(40)36(27(18)39)9-2-8-35-10-7-30-15-35/h1,3-7,10-13,15,23,37H,2,8-9,14H2,(H,33,34)(H2,31,32,38). The van der Waals surface area contributed by atoms with E-state index < -0.39 is 11.7 Å². The van der Waals surface area contributed by atoms with Crippen LogP contribution in [0.2, 0.25) is 5.02 Å². The second kappa shape index (κ2) is 10.4. The molecule has 40 heavy (non-hydrogen) atoms. The van der Waals surface area contributed by atoms with Crippen molar-refractivity contribution in [3.8, 4) is 11.4 Å². The molecule has 202 valence electrons. The minimum absolute atomic E-state index is 0.116. The van der Waals surface area contributed by atoms with E-state index in [1.165, 1.54) is 11.1 Å². The molecule has 1 unspecified atom stereocenters. The Bertz CT molecular complexity index is 1740. The predicted octanol–water partition coefficient (Wildman–Crippen LogP) is 3.60. The molecule has 1 atom stereocenters. The first kappa shape index (κ1) is 25.5. The first-order chi connectivity index (χ1) is 19.4. The zero-order chi connectivity index (χ0) is 27.8. The molecule has 0 spiro atoms. The van der Waals surface area contributed by atoms with Crippen molar-refractivity contribution in [3.05, 3.63) is 99.4 Å². The number of fused-ring (bicyclic) bond motifs is 2. The Kier molecular flexibility index (Phi) is 6.66. The van der Waals surface area contributed by atoms with Gasteiger partial charge < -0.3 is 25.0 Å². The van der Waals surface area contributed by atoms with Crippen LogP contribution in [0.1, 0.15) is 38.8 Å². The fourth-order valence-corrected chi connectivity index (χ4v) is 5.04. The highest BCUT2D eigenvalue weighted by Crippen LogP contribution is 2.30. The number of aromatic amines is 2. The van der Waals surface area contributed by atoms with Crippen molar-refractivity contribution < 1.29 is 14.7 Å². The van der Waals surface area contributed by atoms with Crippen LogP contribution in [0.5, 0.6) is 0 Å². The Balaban J connectivity index is 1.24. The number of aromatic nitrogens is 5. The molecule has 0 bridgehead atoms. The number of benzene rings is 2. The van der Waals surface area contributed by atoms with Crippen LogP contribution in [0.3, 0.4) is 0 Å². The van der Waals surface area contributed by atoms with Crippen molar-refractivity contribution in [2.24, 2.45) is 0 Å². The summed E-state index contributed by atoms with van der Waals surface area (Å²) in [7, 11) is 0. The molecule has 0 aliphatic carbocycles. The molecular formula is C28H24ClN7O4. The first-order valence-electron chi connectivity index (χ1n) is 12.6. The maximum absolute atomic E-state index is 13.1. The molecule has 0 radical (unpaired) electrons. The number of pyridine rings is 1. The Hall–Kier alpha value is -4.74. The van der Waals surface area contributed by atoms with E-state index in [9.17, 15) is 19.5 Å². The van der Waals surface area contributed by atoms with Crippen molar-refractivity contribution in [3.63, 3.8) is 0 Å². The number of anilines is 1. The van der Waals surface area contributed by atoms with Gasteiger partial charge in [-0.1, -0.05) is 23.7 Å². The number of imidazole rings is 2. The van der Waals surface area contributed by atoms with Gasteiger partial charge in [-0.25, -0.2) is 9.97 Å². The maximum atomic E-state index is 13.1. The molecule has 12 heteroatoms. The number of aryl methyl sites for hydroxylation is 1.